The molecule has 0 saturated carbocycles. The molecule has 1 atom stereocenters. The predicted octanol–water partition coefficient (Wildman–Crippen LogP) is 1.62. The van der Waals surface area contributed by atoms with E-state index in [2.05, 4.69) is 5.32 Å². The average Bonchev–Trinajstić information content (AvgIpc) is 2.19. The van der Waals surface area contributed by atoms with E-state index in [0.717, 1.165) is 23.5 Å². The number of rotatable bonds is 4. The summed E-state index contributed by atoms with van der Waals surface area (Å²) in [6.45, 7) is 4.94. The van der Waals surface area contributed by atoms with E-state index in [1.54, 1.807) is 0 Å². The standard InChI is InChI=1S/C11H18N2O/c1-8(7-14)6-13-10-4-3-9(2)11(12)5-10/h3-5,8,13-14H,6-7,12H2,1-2H3. The van der Waals surface area contributed by atoms with Gasteiger partial charge in [-0.25, -0.2) is 0 Å². The molecular formula is C11H18N2O. The van der Waals surface area contributed by atoms with Crippen LogP contribution in [0.2, 0.25) is 0 Å². The van der Waals surface area contributed by atoms with Gasteiger partial charge in [0.25, 0.3) is 0 Å². The molecule has 1 aromatic carbocycles. The molecule has 1 rings (SSSR count). The molecule has 0 aliphatic rings. The third kappa shape index (κ3) is 2.92. The van der Waals surface area contributed by atoms with E-state index in [1.165, 1.54) is 0 Å². The van der Waals surface area contributed by atoms with Crippen molar-refractivity contribution in [2.45, 2.75) is 13.8 Å². The van der Waals surface area contributed by atoms with Crippen LogP contribution < -0.4 is 11.1 Å². The van der Waals surface area contributed by atoms with Gasteiger partial charge in [0.2, 0.25) is 0 Å². The number of nitrogens with one attached hydrogen (secondary N) is 1. The molecule has 78 valence electrons. The van der Waals surface area contributed by atoms with Gasteiger partial charge in [-0.05, 0) is 30.5 Å². The smallest absolute Gasteiger partial charge is 0.0473 e. The van der Waals surface area contributed by atoms with Crippen molar-refractivity contribution < 1.29 is 5.11 Å². The van der Waals surface area contributed by atoms with Gasteiger partial charge in [0.1, 0.15) is 0 Å². The Hall–Kier alpha value is -1.22. The molecule has 0 radical (unpaired) electrons. The predicted molar refractivity (Wildman–Crippen MR) is 60.3 cm³/mol. The Morgan fingerprint density at radius 1 is 1.50 bits per heavy atom. The highest BCUT2D eigenvalue weighted by molar-refractivity contribution is 5.58. The third-order valence-electron chi connectivity index (χ3n) is 2.25. The summed E-state index contributed by atoms with van der Waals surface area (Å²) in [5.41, 5.74) is 8.66. The van der Waals surface area contributed by atoms with Gasteiger partial charge in [-0.15, -0.1) is 0 Å². The molecule has 0 amide bonds. The van der Waals surface area contributed by atoms with Gasteiger partial charge in [0.15, 0.2) is 0 Å². The lowest BCUT2D eigenvalue weighted by molar-refractivity contribution is 0.244. The Morgan fingerprint density at radius 3 is 2.79 bits per heavy atom. The summed E-state index contributed by atoms with van der Waals surface area (Å²) in [5.74, 6) is 0.262. The van der Waals surface area contributed by atoms with E-state index in [4.69, 9.17) is 10.8 Å². The van der Waals surface area contributed by atoms with Crippen LogP contribution in [-0.2, 0) is 0 Å². The van der Waals surface area contributed by atoms with Crippen molar-refractivity contribution in [3.8, 4) is 0 Å². The maximum atomic E-state index is 8.85. The Labute approximate surface area is 84.9 Å². The van der Waals surface area contributed by atoms with Gasteiger partial charge >= 0.3 is 0 Å². The zero-order chi connectivity index (χ0) is 10.6. The second-order valence-corrected chi connectivity index (χ2v) is 3.74. The van der Waals surface area contributed by atoms with Gasteiger partial charge in [-0.3, -0.25) is 0 Å². The number of hydrogen-bond acceptors (Lipinski definition) is 3. The van der Waals surface area contributed by atoms with Crippen LogP contribution in [0, 0.1) is 12.8 Å². The summed E-state index contributed by atoms with van der Waals surface area (Å²) in [6.07, 6.45) is 0. The molecule has 3 nitrogen and oxygen atoms in total. The molecular weight excluding hydrogens is 176 g/mol. The normalized spacial score (nSPS) is 12.5. The quantitative estimate of drug-likeness (QED) is 0.638. The molecule has 3 heteroatoms. The molecule has 4 N–H and O–H groups in total. The molecule has 0 fully saturated rings. The first-order chi connectivity index (χ1) is 6.63. The lowest BCUT2D eigenvalue weighted by Crippen LogP contribution is -2.14. The summed E-state index contributed by atoms with van der Waals surface area (Å²) < 4.78 is 0. The fraction of sp³-hybridized carbons (Fsp3) is 0.455. The van der Waals surface area contributed by atoms with Crippen molar-refractivity contribution in [3.63, 3.8) is 0 Å². The Bertz CT molecular complexity index is 299. The van der Waals surface area contributed by atoms with E-state index < -0.39 is 0 Å². The molecule has 0 aromatic heterocycles. The molecule has 0 aliphatic carbocycles. The van der Waals surface area contributed by atoms with Crippen molar-refractivity contribution in [1.82, 2.24) is 0 Å². The molecule has 14 heavy (non-hydrogen) atoms. The number of aliphatic hydroxyl groups excluding tert-OH is 1. The number of hydrogen-bond donors (Lipinski definition) is 3. The lowest BCUT2D eigenvalue weighted by atomic mass is 10.1. The van der Waals surface area contributed by atoms with Gasteiger partial charge in [0, 0.05) is 24.5 Å². The van der Waals surface area contributed by atoms with E-state index in [-0.39, 0.29) is 12.5 Å². The molecule has 0 saturated heterocycles. The van der Waals surface area contributed by atoms with Crippen LogP contribution in [0.4, 0.5) is 11.4 Å². The Morgan fingerprint density at radius 2 is 2.21 bits per heavy atom. The van der Waals surface area contributed by atoms with E-state index >= 15 is 0 Å². The molecule has 0 heterocycles. The fourth-order valence-electron chi connectivity index (χ4n) is 1.11. The van der Waals surface area contributed by atoms with Crippen LogP contribution in [0.25, 0.3) is 0 Å². The number of anilines is 2. The summed E-state index contributed by atoms with van der Waals surface area (Å²) >= 11 is 0. The molecule has 1 unspecified atom stereocenters. The monoisotopic (exact) mass is 194 g/mol. The third-order valence-corrected chi connectivity index (χ3v) is 2.25. The number of benzene rings is 1. The zero-order valence-electron chi connectivity index (χ0n) is 8.75. The SMILES string of the molecule is Cc1ccc(NCC(C)CO)cc1N. The lowest BCUT2D eigenvalue weighted by Gasteiger charge is -2.11. The van der Waals surface area contributed by atoms with Crippen LogP contribution >= 0.6 is 0 Å². The summed E-state index contributed by atoms with van der Waals surface area (Å²) in [7, 11) is 0. The Kier molecular flexibility index (Phi) is 3.77. The van der Waals surface area contributed by atoms with Crippen LogP contribution in [0.1, 0.15) is 12.5 Å². The van der Waals surface area contributed by atoms with Crippen molar-refractivity contribution in [1.29, 1.82) is 0 Å². The van der Waals surface area contributed by atoms with E-state index in [9.17, 15) is 0 Å². The molecule has 0 bridgehead atoms. The van der Waals surface area contributed by atoms with Gasteiger partial charge < -0.3 is 16.2 Å². The fourth-order valence-corrected chi connectivity index (χ4v) is 1.11. The van der Waals surface area contributed by atoms with Crippen molar-refractivity contribution in [2.75, 3.05) is 24.2 Å². The average molecular weight is 194 g/mol. The van der Waals surface area contributed by atoms with E-state index in [1.807, 2.05) is 32.0 Å². The Balaban J connectivity index is 2.55. The van der Waals surface area contributed by atoms with Gasteiger partial charge in [0.05, 0.1) is 0 Å². The van der Waals surface area contributed by atoms with Crippen LogP contribution in [0.3, 0.4) is 0 Å². The maximum Gasteiger partial charge on any atom is 0.0473 e. The number of nitrogen functional groups attached to an aromatic ring is 1. The first-order valence-corrected chi connectivity index (χ1v) is 4.84. The number of aliphatic hydroxyl groups is 1. The summed E-state index contributed by atoms with van der Waals surface area (Å²) in [6, 6.07) is 5.90. The largest absolute Gasteiger partial charge is 0.398 e. The number of aryl methyl sites for hydroxylation is 1. The minimum atomic E-state index is 0.203. The molecule has 1 aromatic rings. The van der Waals surface area contributed by atoms with E-state index in [0.29, 0.717) is 0 Å². The van der Waals surface area contributed by atoms with Crippen LogP contribution in [0.5, 0.6) is 0 Å². The first-order valence-electron chi connectivity index (χ1n) is 4.84. The summed E-state index contributed by atoms with van der Waals surface area (Å²) in [4.78, 5) is 0. The first kappa shape index (κ1) is 10.9. The zero-order valence-corrected chi connectivity index (χ0v) is 8.75. The van der Waals surface area contributed by atoms with Crippen LogP contribution in [-0.4, -0.2) is 18.3 Å². The second kappa shape index (κ2) is 4.86. The second-order valence-electron chi connectivity index (χ2n) is 3.74. The van der Waals surface area contributed by atoms with Crippen molar-refractivity contribution >= 4 is 11.4 Å². The highest BCUT2D eigenvalue weighted by Gasteiger charge is 2.00. The van der Waals surface area contributed by atoms with Crippen molar-refractivity contribution in [3.05, 3.63) is 23.8 Å². The topological polar surface area (TPSA) is 58.3 Å². The molecule has 0 spiro atoms. The van der Waals surface area contributed by atoms with Crippen LogP contribution in [0.15, 0.2) is 18.2 Å². The molecule has 0 aliphatic heterocycles. The van der Waals surface area contributed by atoms with Crippen molar-refractivity contribution in [2.24, 2.45) is 5.92 Å². The number of nitrogens with two attached hydrogens (primary N) is 1. The maximum absolute atomic E-state index is 8.85. The summed E-state index contributed by atoms with van der Waals surface area (Å²) in [5, 5.41) is 12.1. The van der Waals surface area contributed by atoms with Gasteiger partial charge in [-0.1, -0.05) is 13.0 Å². The highest BCUT2D eigenvalue weighted by atomic mass is 16.3. The minimum absolute atomic E-state index is 0.203. The minimum Gasteiger partial charge on any atom is -0.398 e. The highest BCUT2D eigenvalue weighted by Crippen LogP contribution is 2.16. The van der Waals surface area contributed by atoms with Gasteiger partial charge in [-0.2, -0.15) is 0 Å².